The SMILES string of the molecule is CN(C)[C@H](CNCc1nnnn1C1CC1)c1ccco1. The zero-order valence-electron chi connectivity index (χ0n) is 11.9. The minimum Gasteiger partial charge on any atom is -0.468 e. The molecule has 0 spiro atoms. The molecular formula is C13H20N6O. The number of rotatable bonds is 7. The molecule has 2 aromatic rings. The van der Waals surface area contributed by atoms with Gasteiger partial charge in [0.1, 0.15) is 5.76 Å². The molecule has 0 aliphatic heterocycles. The van der Waals surface area contributed by atoms with Crippen molar-refractivity contribution in [1.82, 2.24) is 30.4 Å². The lowest BCUT2D eigenvalue weighted by Gasteiger charge is -2.22. The zero-order chi connectivity index (χ0) is 13.9. The predicted molar refractivity (Wildman–Crippen MR) is 72.9 cm³/mol. The number of nitrogens with one attached hydrogen (secondary N) is 1. The van der Waals surface area contributed by atoms with Crippen LogP contribution in [0.3, 0.4) is 0 Å². The fraction of sp³-hybridized carbons (Fsp3) is 0.615. The normalized spacial score (nSPS) is 16.8. The van der Waals surface area contributed by atoms with E-state index in [9.17, 15) is 0 Å². The molecule has 2 aromatic heterocycles. The molecule has 0 amide bonds. The molecule has 0 radical (unpaired) electrons. The van der Waals surface area contributed by atoms with Crippen molar-refractivity contribution in [2.45, 2.75) is 31.5 Å². The number of likely N-dealkylation sites (N-methyl/N-ethyl adjacent to an activating group) is 1. The van der Waals surface area contributed by atoms with Gasteiger partial charge in [-0.1, -0.05) is 0 Å². The number of hydrogen-bond acceptors (Lipinski definition) is 6. The van der Waals surface area contributed by atoms with Crippen molar-refractivity contribution in [2.24, 2.45) is 0 Å². The third-order valence-corrected chi connectivity index (χ3v) is 3.57. The van der Waals surface area contributed by atoms with Crippen molar-refractivity contribution in [3.05, 3.63) is 30.0 Å². The fourth-order valence-electron chi connectivity index (χ4n) is 2.27. The van der Waals surface area contributed by atoms with Crippen LogP contribution in [0.1, 0.15) is 36.5 Å². The van der Waals surface area contributed by atoms with Crippen LogP contribution < -0.4 is 5.32 Å². The second kappa shape index (κ2) is 5.72. The molecule has 1 aliphatic rings. The maximum atomic E-state index is 5.49. The van der Waals surface area contributed by atoms with Gasteiger partial charge in [0, 0.05) is 6.54 Å². The van der Waals surface area contributed by atoms with Crippen molar-refractivity contribution >= 4 is 0 Å². The van der Waals surface area contributed by atoms with E-state index in [0.29, 0.717) is 12.6 Å². The Morgan fingerprint density at radius 1 is 1.50 bits per heavy atom. The standard InChI is InChI=1S/C13H20N6O/c1-18(2)11(12-4-3-7-20-12)8-14-9-13-15-16-17-19(13)10-5-6-10/h3-4,7,10-11,14H,5-6,8-9H2,1-2H3/t11-/m1/s1. The molecule has 1 N–H and O–H groups in total. The van der Waals surface area contributed by atoms with Crippen LogP contribution in [0.25, 0.3) is 0 Å². The van der Waals surface area contributed by atoms with Crippen LogP contribution in [0.5, 0.6) is 0 Å². The minimum absolute atomic E-state index is 0.204. The van der Waals surface area contributed by atoms with E-state index in [4.69, 9.17) is 4.42 Å². The van der Waals surface area contributed by atoms with Crippen LogP contribution in [-0.2, 0) is 6.54 Å². The van der Waals surface area contributed by atoms with Gasteiger partial charge in [0.2, 0.25) is 0 Å². The van der Waals surface area contributed by atoms with Crippen LogP contribution in [0.15, 0.2) is 22.8 Å². The van der Waals surface area contributed by atoms with E-state index in [1.807, 2.05) is 30.9 Å². The molecule has 0 saturated heterocycles. The maximum Gasteiger partial charge on any atom is 0.165 e. The summed E-state index contributed by atoms with van der Waals surface area (Å²) in [6.07, 6.45) is 4.08. The van der Waals surface area contributed by atoms with E-state index in [2.05, 4.69) is 25.7 Å². The molecule has 3 rings (SSSR count). The van der Waals surface area contributed by atoms with Crippen molar-refractivity contribution in [1.29, 1.82) is 0 Å². The Hall–Kier alpha value is -1.73. The fourth-order valence-corrected chi connectivity index (χ4v) is 2.27. The second-order valence-corrected chi connectivity index (χ2v) is 5.40. The summed E-state index contributed by atoms with van der Waals surface area (Å²) in [7, 11) is 4.09. The molecule has 0 unspecified atom stereocenters. The first-order valence-electron chi connectivity index (χ1n) is 6.93. The molecule has 1 saturated carbocycles. The molecule has 1 fully saturated rings. The Labute approximate surface area is 117 Å². The van der Waals surface area contributed by atoms with Gasteiger partial charge in [0.05, 0.1) is 24.9 Å². The first-order chi connectivity index (χ1) is 9.75. The molecule has 1 aliphatic carbocycles. The van der Waals surface area contributed by atoms with E-state index >= 15 is 0 Å². The Bertz CT molecular complexity index is 531. The van der Waals surface area contributed by atoms with E-state index in [1.165, 1.54) is 12.8 Å². The Morgan fingerprint density at radius 3 is 3.00 bits per heavy atom. The molecular weight excluding hydrogens is 256 g/mol. The predicted octanol–water partition coefficient (Wildman–Crippen LogP) is 0.993. The molecule has 0 aromatic carbocycles. The van der Waals surface area contributed by atoms with E-state index < -0.39 is 0 Å². The van der Waals surface area contributed by atoms with Gasteiger partial charge < -0.3 is 9.73 Å². The molecule has 20 heavy (non-hydrogen) atoms. The first-order valence-corrected chi connectivity index (χ1v) is 6.93. The Morgan fingerprint density at radius 2 is 2.35 bits per heavy atom. The highest BCUT2D eigenvalue weighted by molar-refractivity contribution is 5.05. The minimum atomic E-state index is 0.204. The number of tetrazole rings is 1. The van der Waals surface area contributed by atoms with Crippen molar-refractivity contribution < 1.29 is 4.42 Å². The first kappa shape index (κ1) is 13.3. The van der Waals surface area contributed by atoms with Crippen molar-refractivity contribution in [2.75, 3.05) is 20.6 Å². The Balaban J connectivity index is 1.56. The smallest absolute Gasteiger partial charge is 0.165 e. The van der Waals surface area contributed by atoms with Crippen LogP contribution >= 0.6 is 0 Å². The van der Waals surface area contributed by atoms with Crippen LogP contribution in [0.2, 0.25) is 0 Å². The Kier molecular flexibility index (Phi) is 3.79. The highest BCUT2D eigenvalue weighted by atomic mass is 16.3. The summed E-state index contributed by atoms with van der Waals surface area (Å²) in [6.45, 7) is 1.46. The summed E-state index contributed by atoms with van der Waals surface area (Å²) in [6, 6.07) is 4.63. The summed E-state index contributed by atoms with van der Waals surface area (Å²) in [5, 5.41) is 15.3. The number of nitrogens with zero attached hydrogens (tertiary/aromatic N) is 5. The monoisotopic (exact) mass is 276 g/mol. The van der Waals surface area contributed by atoms with Crippen LogP contribution in [0.4, 0.5) is 0 Å². The summed E-state index contributed by atoms with van der Waals surface area (Å²) in [5.74, 6) is 1.87. The van der Waals surface area contributed by atoms with Crippen molar-refractivity contribution in [3.8, 4) is 0 Å². The van der Waals surface area contributed by atoms with Crippen LogP contribution in [0, 0.1) is 0 Å². The third-order valence-electron chi connectivity index (χ3n) is 3.57. The lowest BCUT2D eigenvalue weighted by Crippen LogP contribution is -2.31. The zero-order valence-corrected chi connectivity index (χ0v) is 11.9. The number of hydrogen-bond donors (Lipinski definition) is 1. The largest absolute Gasteiger partial charge is 0.468 e. The quantitative estimate of drug-likeness (QED) is 0.813. The molecule has 1 atom stereocenters. The van der Waals surface area contributed by atoms with E-state index in [-0.39, 0.29) is 6.04 Å². The van der Waals surface area contributed by atoms with Gasteiger partial charge in [0.15, 0.2) is 5.82 Å². The van der Waals surface area contributed by atoms with Crippen LogP contribution in [-0.4, -0.2) is 45.7 Å². The summed E-state index contributed by atoms with van der Waals surface area (Å²) in [5.41, 5.74) is 0. The van der Waals surface area contributed by atoms with Gasteiger partial charge in [0.25, 0.3) is 0 Å². The van der Waals surface area contributed by atoms with E-state index in [1.54, 1.807) is 6.26 Å². The average molecular weight is 276 g/mol. The van der Waals surface area contributed by atoms with Gasteiger partial charge in [-0.25, -0.2) is 4.68 Å². The topological polar surface area (TPSA) is 72.0 Å². The van der Waals surface area contributed by atoms with Gasteiger partial charge in [-0.3, -0.25) is 4.90 Å². The maximum absolute atomic E-state index is 5.49. The number of aromatic nitrogens is 4. The lowest BCUT2D eigenvalue weighted by atomic mass is 10.2. The highest BCUT2D eigenvalue weighted by Crippen LogP contribution is 2.34. The summed E-state index contributed by atoms with van der Waals surface area (Å²) in [4.78, 5) is 2.13. The van der Waals surface area contributed by atoms with Crippen molar-refractivity contribution in [3.63, 3.8) is 0 Å². The average Bonchev–Trinajstić information content (AvgIpc) is 2.94. The molecule has 7 heteroatoms. The highest BCUT2D eigenvalue weighted by Gasteiger charge is 2.27. The molecule has 0 bridgehead atoms. The summed E-state index contributed by atoms with van der Waals surface area (Å²) < 4.78 is 7.42. The summed E-state index contributed by atoms with van der Waals surface area (Å²) >= 11 is 0. The van der Waals surface area contributed by atoms with Gasteiger partial charge >= 0.3 is 0 Å². The molecule has 2 heterocycles. The molecule has 7 nitrogen and oxygen atoms in total. The lowest BCUT2D eigenvalue weighted by molar-refractivity contribution is 0.249. The van der Waals surface area contributed by atoms with Gasteiger partial charge in [-0.05, 0) is 49.5 Å². The number of furan rings is 1. The van der Waals surface area contributed by atoms with Gasteiger partial charge in [-0.15, -0.1) is 5.10 Å². The second-order valence-electron chi connectivity index (χ2n) is 5.40. The van der Waals surface area contributed by atoms with E-state index in [0.717, 1.165) is 18.1 Å². The van der Waals surface area contributed by atoms with Gasteiger partial charge in [-0.2, -0.15) is 0 Å². The molecule has 108 valence electrons. The third kappa shape index (κ3) is 2.88.